The molecule has 2 aromatic carbocycles. The van der Waals surface area contributed by atoms with Gasteiger partial charge in [0.1, 0.15) is 12.3 Å². The zero-order chi connectivity index (χ0) is 24.0. The summed E-state index contributed by atoms with van der Waals surface area (Å²) in [5.74, 6) is -0.677. The van der Waals surface area contributed by atoms with Gasteiger partial charge in [-0.15, -0.1) is 0 Å². The van der Waals surface area contributed by atoms with Crippen molar-refractivity contribution in [3.8, 4) is 5.75 Å². The molecule has 33 heavy (non-hydrogen) atoms. The first-order valence-corrected chi connectivity index (χ1v) is 10.9. The molecule has 3 rings (SSSR count). The third kappa shape index (κ3) is 6.21. The molecular weight excluding hydrogens is 471 g/mol. The number of carboxylic acid groups (broad SMARTS) is 1. The number of piperazine rings is 1. The molecule has 0 bridgehead atoms. The molecule has 2 aromatic rings. The Labute approximate surface area is 201 Å². The first-order valence-electron chi connectivity index (χ1n) is 10.2. The summed E-state index contributed by atoms with van der Waals surface area (Å²) in [6.45, 7) is 1.85. The molecule has 1 saturated heterocycles. The lowest BCUT2D eigenvalue weighted by Gasteiger charge is -2.36. The number of hydrogen-bond donors (Lipinski definition) is 2. The Hall–Kier alpha value is -3.17. The number of carbonyl (C=O) groups is 3. The zero-order valence-corrected chi connectivity index (χ0v) is 19.5. The molecule has 0 aromatic heterocycles. The fourth-order valence-electron chi connectivity index (χ4n) is 3.56. The van der Waals surface area contributed by atoms with Crippen LogP contribution in [0.4, 0.5) is 17.1 Å². The van der Waals surface area contributed by atoms with Gasteiger partial charge in [0, 0.05) is 43.0 Å². The second kappa shape index (κ2) is 11.1. The largest absolute Gasteiger partial charge is 0.495 e. The van der Waals surface area contributed by atoms with Crippen molar-refractivity contribution in [2.75, 3.05) is 61.5 Å². The molecule has 0 spiro atoms. The van der Waals surface area contributed by atoms with Crippen LogP contribution in [0.1, 0.15) is 0 Å². The lowest BCUT2D eigenvalue weighted by molar-refractivity contribution is -0.136. The number of ether oxygens (including phenoxy) is 1. The lowest BCUT2D eigenvalue weighted by Crippen LogP contribution is -2.50. The SMILES string of the molecule is COc1cc(N2CCN(C(=O)CNc3ccc(Cl)cc3N(C=O)CC(=O)O)CC2)ccc1Cl. The number of carbonyl (C=O) groups excluding carboxylic acids is 2. The molecular formula is C22H24Cl2N4O5. The molecule has 2 amide bonds. The van der Waals surface area contributed by atoms with Gasteiger partial charge in [-0.2, -0.15) is 0 Å². The standard InChI is InChI=1S/C22H24Cl2N4O5/c1-33-20-11-16(3-4-17(20)24)26-6-8-27(9-7-26)21(30)12-25-18-5-2-15(23)10-19(18)28(14-29)13-22(31)32/h2-5,10-11,14,25H,6-9,12-13H2,1H3,(H,31,32). The van der Waals surface area contributed by atoms with Gasteiger partial charge in [-0.25, -0.2) is 0 Å². The molecule has 9 nitrogen and oxygen atoms in total. The van der Waals surface area contributed by atoms with E-state index >= 15 is 0 Å². The van der Waals surface area contributed by atoms with Crippen molar-refractivity contribution in [3.05, 3.63) is 46.4 Å². The molecule has 1 aliphatic heterocycles. The number of methoxy groups -OCH3 is 1. The summed E-state index contributed by atoms with van der Waals surface area (Å²) in [5.41, 5.74) is 1.70. The van der Waals surface area contributed by atoms with Gasteiger partial charge in [-0.3, -0.25) is 14.4 Å². The molecule has 1 fully saturated rings. The Morgan fingerprint density at radius 2 is 1.88 bits per heavy atom. The molecule has 0 unspecified atom stereocenters. The van der Waals surface area contributed by atoms with Crippen molar-refractivity contribution in [2.24, 2.45) is 0 Å². The van der Waals surface area contributed by atoms with Crippen LogP contribution < -0.4 is 19.9 Å². The minimum Gasteiger partial charge on any atom is -0.495 e. The highest BCUT2D eigenvalue weighted by Crippen LogP contribution is 2.30. The second-order valence-corrected chi connectivity index (χ2v) is 8.17. The number of rotatable bonds is 9. The van der Waals surface area contributed by atoms with Crippen LogP contribution in [0.3, 0.4) is 0 Å². The van der Waals surface area contributed by atoms with E-state index in [1.165, 1.54) is 6.07 Å². The zero-order valence-electron chi connectivity index (χ0n) is 18.0. The maximum Gasteiger partial charge on any atom is 0.323 e. The van der Waals surface area contributed by atoms with Crippen LogP contribution >= 0.6 is 23.2 Å². The van der Waals surface area contributed by atoms with E-state index in [4.69, 9.17) is 33.0 Å². The molecule has 2 N–H and O–H groups in total. The van der Waals surface area contributed by atoms with Gasteiger partial charge in [0.05, 0.1) is 30.1 Å². The van der Waals surface area contributed by atoms with E-state index in [-0.39, 0.29) is 18.1 Å². The summed E-state index contributed by atoms with van der Waals surface area (Å²) >= 11 is 12.1. The number of nitrogens with zero attached hydrogens (tertiary/aromatic N) is 3. The highest BCUT2D eigenvalue weighted by molar-refractivity contribution is 6.32. The first kappa shape index (κ1) is 24.5. The number of hydrogen-bond acceptors (Lipinski definition) is 6. The topological polar surface area (TPSA) is 102 Å². The number of aliphatic carboxylic acids is 1. The van der Waals surface area contributed by atoms with E-state index in [1.54, 1.807) is 30.2 Å². The van der Waals surface area contributed by atoms with Gasteiger partial charge < -0.3 is 29.9 Å². The summed E-state index contributed by atoms with van der Waals surface area (Å²) in [6.07, 6.45) is 0.414. The van der Waals surface area contributed by atoms with Crippen molar-refractivity contribution in [3.63, 3.8) is 0 Å². The number of anilines is 3. The predicted molar refractivity (Wildman–Crippen MR) is 128 cm³/mol. The molecule has 0 atom stereocenters. The van der Waals surface area contributed by atoms with E-state index in [2.05, 4.69) is 10.2 Å². The number of benzene rings is 2. The lowest BCUT2D eigenvalue weighted by atomic mass is 10.2. The van der Waals surface area contributed by atoms with Crippen molar-refractivity contribution >= 4 is 58.6 Å². The van der Waals surface area contributed by atoms with Gasteiger partial charge in [-0.05, 0) is 30.3 Å². The smallest absolute Gasteiger partial charge is 0.323 e. The van der Waals surface area contributed by atoms with Crippen LogP contribution in [-0.2, 0) is 14.4 Å². The molecule has 1 aliphatic rings. The maximum absolute atomic E-state index is 12.8. The quantitative estimate of drug-likeness (QED) is 0.516. The maximum atomic E-state index is 12.8. The third-order valence-corrected chi connectivity index (χ3v) is 5.81. The van der Waals surface area contributed by atoms with Crippen LogP contribution in [0.5, 0.6) is 5.75 Å². The van der Waals surface area contributed by atoms with Crippen molar-refractivity contribution in [1.82, 2.24) is 4.90 Å². The second-order valence-electron chi connectivity index (χ2n) is 7.33. The first-order chi connectivity index (χ1) is 15.8. The molecule has 0 radical (unpaired) electrons. The average Bonchev–Trinajstić information content (AvgIpc) is 2.81. The third-order valence-electron chi connectivity index (χ3n) is 5.26. The van der Waals surface area contributed by atoms with Crippen LogP contribution in [0.2, 0.25) is 10.0 Å². The van der Waals surface area contributed by atoms with E-state index < -0.39 is 12.5 Å². The summed E-state index contributed by atoms with van der Waals surface area (Å²) in [5, 5.41) is 12.9. The highest BCUT2D eigenvalue weighted by Gasteiger charge is 2.22. The predicted octanol–water partition coefficient (Wildman–Crippen LogP) is 2.81. The van der Waals surface area contributed by atoms with Crippen LogP contribution in [0, 0.1) is 0 Å². The van der Waals surface area contributed by atoms with E-state index in [0.29, 0.717) is 54.1 Å². The summed E-state index contributed by atoms with van der Waals surface area (Å²) in [7, 11) is 1.57. The summed E-state index contributed by atoms with van der Waals surface area (Å²) in [6, 6.07) is 10.3. The molecule has 11 heteroatoms. The van der Waals surface area contributed by atoms with Crippen LogP contribution in [-0.4, -0.2) is 74.7 Å². The normalized spacial score (nSPS) is 13.4. The van der Waals surface area contributed by atoms with Gasteiger partial charge >= 0.3 is 5.97 Å². The fraction of sp³-hybridized carbons (Fsp3) is 0.318. The number of amides is 2. The van der Waals surface area contributed by atoms with Gasteiger partial charge in [0.25, 0.3) is 0 Å². The average molecular weight is 495 g/mol. The fourth-order valence-corrected chi connectivity index (χ4v) is 3.92. The minimum absolute atomic E-state index is 0.0107. The Kier molecular flexibility index (Phi) is 8.24. The van der Waals surface area contributed by atoms with Gasteiger partial charge in [-0.1, -0.05) is 23.2 Å². The molecule has 0 aliphatic carbocycles. The number of carboxylic acids is 1. The monoisotopic (exact) mass is 494 g/mol. The Bertz CT molecular complexity index is 1030. The van der Waals surface area contributed by atoms with Gasteiger partial charge in [0.2, 0.25) is 12.3 Å². The molecule has 176 valence electrons. The summed E-state index contributed by atoms with van der Waals surface area (Å²) < 4.78 is 5.28. The minimum atomic E-state index is -1.17. The molecule has 0 saturated carbocycles. The van der Waals surface area contributed by atoms with Crippen molar-refractivity contribution in [1.29, 1.82) is 0 Å². The van der Waals surface area contributed by atoms with Crippen molar-refractivity contribution in [2.45, 2.75) is 0 Å². The summed E-state index contributed by atoms with van der Waals surface area (Å²) in [4.78, 5) is 40.1. The van der Waals surface area contributed by atoms with E-state index in [1.807, 2.05) is 12.1 Å². The molecule has 1 heterocycles. The van der Waals surface area contributed by atoms with Crippen LogP contribution in [0.15, 0.2) is 36.4 Å². The number of nitrogens with one attached hydrogen (secondary N) is 1. The van der Waals surface area contributed by atoms with Gasteiger partial charge in [0.15, 0.2) is 0 Å². The highest BCUT2D eigenvalue weighted by atomic mass is 35.5. The van der Waals surface area contributed by atoms with E-state index in [9.17, 15) is 14.4 Å². The van der Waals surface area contributed by atoms with Crippen molar-refractivity contribution < 1.29 is 24.2 Å². The van der Waals surface area contributed by atoms with Crippen LogP contribution in [0.25, 0.3) is 0 Å². The Morgan fingerprint density at radius 1 is 1.15 bits per heavy atom. The Morgan fingerprint density at radius 3 is 2.52 bits per heavy atom. The Balaban J connectivity index is 1.60. The number of halogens is 2. The van der Waals surface area contributed by atoms with E-state index in [0.717, 1.165) is 10.6 Å².